The molecule has 0 N–H and O–H groups in total. The van der Waals surface area contributed by atoms with Gasteiger partial charge >= 0.3 is 0 Å². The summed E-state index contributed by atoms with van der Waals surface area (Å²) in [5.74, 6) is 0. The topological polar surface area (TPSA) is 17.8 Å². The Morgan fingerprint density at radius 2 is 2.12 bits per heavy atom. The first kappa shape index (κ1) is 11.6. The van der Waals surface area contributed by atoms with Crippen LogP contribution >= 0.6 is 15.9 Å². The molecule has 0 saturated heterocycles. The maximum absolute atomic E-state index is 4.46. The van der Waals surface area contributed by atoms with Gasteiger partial charge in [-0.2, -0.15) is 5.10 Å². The predicted octanol–water partition coefficient (Wildman–Crippen LogP) is 4.30. The molecule has 3 heteroatoms. The molecule has 2 rings (SSSR count). The minimum Gasteiger partial charge on any atom is -0.265 e. The molecule has 0 unspecified atom stereocenters. The molecule has 1 aromatic heterocycles. The second-order valence-corrected chi connectivity index (χ2v) is 5.03. The van der Waals surface area contributed by atoms with Crippen LogP contribution in [0.25, 0.3) is 10.9 Å². The fourth-order valence-corrected chi connectivity index (χ4v) is 2.30. The summed E-state index contributed by atoms with van der Waals surface area (Å²) < 4.78 is 3.28. The highest BCUT2D eigenvalue weighted by Crippen LogP contribution is 2.25. The van der Waals surface area contributed by atoms with Crippen LogP contribution in [0.4, 0.5) is 0 Å². The molecule has 0 atom stereocenters. The van der Waals surface area contributed by atoms with E-state index in [-0.39, 0.29) is 0 Å². The molecule has 0 spiro atoms. The quantitative estimate of drug-likeness (QED) is 0.764. The van der Waals surface area contributed by atoms with E-state index in [0.29, 0.717) is 0 Å². The van der Waals surface area contributed by atoms with Crippen molar-refractivity contribution in [2.24, 2.45) is 0 Å². The monoisotopic (exact) mass is 280 g/mol. The van der Waals surface area contributed by atoms with E-state index in [4.69, 9.17) is 0 Å². The highest BCUT2D eigenvalue weighted by Gasteiger charge is 2.06. The normalized spacial score (nSPS) is 11.2. The maximum atomic E-state index is 4.46. The Hall–Kier alpha value is -0.830. The van der Waals surface area contributed by atoms with Gasteiger partial charge < -0.3 is 0 Å². The second kappa shape index (κ2) is 5.00. The van der Waals surface area contributed by atoms with Crippen LogP contribution in [-0.2, 0) is 6.54 Å². The molecule has 16 heavy (non-hydrogen) atoms. The zero-order chi connectivity index (χ0) is 11.5. The molecule has 1 heterocycles. The van der Waals surface area contributed by atoms with Gasteiger partial charge in [0.05, 0.1) is 11.7 Å². The van der Waals surface area contributed by atoms with Gasteiger partial charge in [-0.1, -0.05) is 35.7 Å². The van der Waals surface area contributed by atoms with Crippen LogP contribution in [0.2, 0.25) is 0 Å². The highest BCUT2D eigenvalue weighted by molar-refractivity contribution is 9.10. The zero-order valence-corrected chi connectivity index (χ0v) is 11.4. The van der Waals surface area contributed by atoms with E-state index >= 15 is 0 Å². The SMILES string of the molecule is CCCCCn1ncc2c(C)c(Br)ccc21. The number of benzene rings is 1. The van der Waals surface area contributed by atoms with Crippen LogP contribution in [0.3, 0.4) is 0 Å². The van der Waals surface area contributed by atoms with E-state index in [9.17, 15) is 0 Å². The summed E-state index contributed by atoms with van der Waals surface area (Å²) in [5.41, 5.74) is 2.52. The number of nitrogens with zero attached hydrogens (tertiary/aromatic N) is 2. The van der Waals surface area contributed by atoms with Crippen LogP contribution in [0.15, 0.2) is 22.8 Å². The van der Waals surface area contributed by atoms with Gasteiger partial charge in [-0.15, -0.1) is 0 Å². The number of rotatable bonds is 4. The first-order valence-corrected chi connectivity index (χ1v) is 6.64. The third-order valence-electron chi connectivity index (χ3n) is 3.00. The molecule has 0 bridgehead atoms. The van der Waals surface area contributed by atoms with E-state index in [2.05, 4.69) is 51.7 Å². The van der Waals surface area contributed by atoms with E-state index in [0.717, 1.165) is 11.0 Å². The minimum atomic E-state index is 1.03. The summed E-state index contributed by atoms with van der Waals surface area (Å²) in [7, 11) is 0. The molecule has 0 radical (unpaired) electrons. The van der Waals surface area contributed by atoms with Gasteiger partial charge in [-0.25, -0.2) is 0 Å². The first-order valence-electron chi connectivity index (χ1n) is 5.84. The van der Waals surface area contributed by atoms with Crippen molar-refractivity contribution in [3.8, 4) is 0 Å². The number of hydrogen-bond donors (Lipinski definition) is 0. The summed E-state index contributed by atoms with van der Waals surface area (Å²) in [5, 5.41) is 5.72. The van der Waals surface area contributed by atoms with Crippen molar-refractivity contribution in [2.75, 3.05) is 0 Å². The Morgan fingerprint density at radius 1 is 1.31 bits per heavy atom. The van der Waals surface area contributed by atoms with Crippen LogP contribution in [0, 0.1) is 6.92 Å². The van der Waals surface area contributed by atoms with Crippen LogP contribution in [0.5, 0.6) is 0 Å². The van der Waals surface area contributed by atoms with Gasteiger partial charge in [0.1, 0.15) is 0 Å². The lowest BCUT2D eigenvalue weighted by atomic mass is 10.1. The number of fused-ring (bicyclic) bond motifs is 1. The molecule has 0 saturated carbocycles. The van der Waals surface area contributed by atoms with E-state index in [1.54, 1.807) is 0 Å². The molecule has 0 aliphatic heterocycles. The summed E-state index contributed by atoms with van der Waals surface area (Å²) in [4.78, 5) is 0. The molecule has 0 amide bonds. The molecule has 2 nitrogen and oxygen atoms in total. The Balaban J connectivity index is 2.31. The molecule has 1 aromatic carbocycles. The van der Waals surface area contributed by atoms with E-state index in [1.165, 1.54) is 35.7 Å². The fourth-order valence-electron chi connectivity index (χ4n) is 1.96. The van der Waals surface area contributed by atoms with Crippen molar-refractivity contribution in [3.05, 3.63) is 28.4 Å². The largest absolute Gasteiger partial charge is 0.265 e. The standard InChI is InChI=1S/C13H17BrN2/c1-3-4-5-8-16-13-7-6-12(14)10(2)11(13)9-15-16/h6-7,9H,3-5,8H2,1-2H3. The lowest BCUT2D eigenvalue weighted by molar-refractivity contribution is 0.567. The summed E-state index contributed by atoms with van der Waals surface area (Å²) in [6.07, 6.45) is 5.71. The maximum Gasteiger partial charge on any atom is 0.0685 e. The van der Waals surface area contributed by atoms with Gasteiger partial charge in [0.25, 0.3) is 0 Å². The average molecular weight is 281 g/mol. The second-order valence-electron chi connectivity index (χ2n) is 4.18. The Bertz CT molecular complexity index is 488. The lowest BCUT2D eigenvalue weighted by Crippen LogP contribution is -1.99. The number of aryl methyl sites for hydroxylation is 2. The third kappa shape index (κ3) is 2.14. The molecule has 2 aromatic rings. The van der Waals surface area contributed by atoms with Crippen molar-refractivity contribution in [1.82, 2.24) is 9.78 Å². The van der Waals surface area contributed by atoms with E-state index in [1.807, 2.05) is 6.20 Å². The van der Waals surface area contributed by atoms with Crippen molar-refractivity contribution in [1.29, 1.82) is 0 Å². The van der Waals surface area contributed by atoms with Gasteiger partial charge in [0.15, 0.2) is 0 Å². The number of halogens is 1. The van der Waals surface area contributed by atoms with Gasteiger partial charge in [-0.05, 0) is 31.0 Å². The highest BCUT2D eigenvalue weighted by atomic mass is 79.9. The van der Waals surface area contributed by atoms with E-state index < -0.39 is 0 Å². The lowest BCUT2D eigenvalue weighted by Gasteiger charge is -2.04. The number of unbranched alkanes of at least 4 members (excludes halogenated alkanes) is 2. The summed E-state index contributed by atoms with van der Waals surface area (Å²) in [6.45, 7) is 5.38. The number of aromatic nitrogens is 2. The molecule has 0 aliphatic carbocycles. The van der Waals surface area contributed by atoms with Crippen molar-refractivity contribution in [3.63, 3.8) is 0 Å². The molecule has 0 aliphatic rings. The van der Waals surface area contributed by atoms with Crippen LogP contribution in [-0.4, -0.2) is 9.78 Å². The average Bonchev–Trinajstić information content (AvgIpc) is 2.68. The van der Waals surface area contributed by atoms with Crippen LogP contribution < -0.4 is 0 Å². The molecular weight excluding hydrogens is 264 g/mol. The summed E-state index contributed by atoms with van der Waals surface area (Å²) in [6, 6.07) is 4.25. The number of hydrogen-bond acceptors (Lipinski definition) is 1. The smallest absolute Gasteiger partial charge is 0.0685 e. The summed E-state index contributed by atoms with van der Waals surface area (Å²) >= 11 is 3.55. The minimum absolute atomic E-state index is 1.03. The first-order chi connectivity index (χ1) is 7.74. The Labute approximate surface area is 105 Å². The molecule has 0 fully saturated rings. The van der Waals surface area contributed by atoms with Crippen molar-refractivity contribution in [2.45, 2.75) is 39.7 Å². The van der Waals surface area contributed by atoms with Crippen LogP contribution in [0.1, 0.15) is 31.7 Å². The molecule has 86 valence electrons. The predicted molar refractivity (Wildman–Crippen MR) is 71.7 cm³/mol. The van der Waals surface area contributed by atoms with Gasteiger partial charge in [-0.3, -0.25) is 4.68 Å². The van der Waals surface area contributed by atoms with Gasteiger partial charge in [0.2, 0.25) is 0 Å². The Morgan fingerprint density at radius 3 is 2.88 bits per heavy atom. The Kier molecular flexibility index (Phi) is 3.64. The van der Waals surface area contributed by atoms with Crippen molar-refractivity contribution >= 4 is 26.8 Å². The van der Waals surface area contributed by atoms with Crippen molar-refractivity contribution < 1.29 is 0 Å². The zero-order valence-electron chi connectivity index (χ0n) is 9.83. The molecular formula is C13H17BrN2. The van der Waals surface area contributed by atoms with Gasteiger partial charge in [0, 0.05) is 16.4 Å². The third-order valence-corrected chi connectivity index (χ3v) is 3.86. The fraction of sp³-hybridized carbons (Fsp3) is 0.462.